The first-order valence-electron chi connectivity index (χ1n) is 12.8. The zero-order valence-corrected chi connectivity index (χ0v) is 21.6. The lowest BCUT2D eigenvalue weighted by molar-refractivity contribution is -0.142. The van der Waals surface area contributed by atoms with Crippen LogP contribution in [-0.2, 0) is 27.0 Å². The Labute approximate surface area is 220 Å². The SMILES string of the molecule is CCOc1ccc(CCC(=O)N2CCC(CC(=O)Nc3cccc(C(F)(F)F)c3OC(=O)CC)CC2)cc1. The standard InChI is InChI=1S/C28H33F3N2O5/c1-3-26(36)38-27-22(28(29,30)31)6-5-7-23(27)32-24(34)18-20-14-16-33(17-15-20)25(35)13-10-19-8-11-21(12-9-19)37-4-2/h5-9,11-12,20H,3-4,10,13-18H2,1-2H3,(H,32,34). The second-order valence-electron chi connectivity index (χ2n) is 9.16. The van der Waals surface area contributed by atoms with Gasteiger partial charge in [-0.15, -0.1) is 0 Å². The Bertz CT molecular complexity index is 1110. The summed E-state index contributed by atoms with van der Waals surface area (Å²) in [5, 5.41) is 2.48. The Balaban J connectivity index is 1.50. The van der Waals surface area contributed by atoms with Crippen molar-refractivity contribution in [2.24, 2.45) is 5.92 Å². The van der Waals surface area contributed by atoms with Crippen LogP contribution in [0.3, 0.4) is 0 Å². The van der Waals surface area contributed by atoms with Crippen LogP contribution in [0.1, 0.15) is 57.1 Å². The fourth-order valence-electron chi connectivity index (χ4n) is 4.33. The number of halogens is 3. The van der Waals surface area contributed by atoms with Crippen LogP contribution < -0.4 is 14.8 Å². The largest absolute Gasteiger partial charge is 0.494 e. The van der Waals surface area contributed by atoms with Gasteiger partial charge in [0.05, 0.1) is 12.3 Å². The van der Waals surface area contributed by atoms with Crippen LogP contribution in [0.4, 0.5) is 18.9 Å². The number of ether oxygens (including phenoxy) is 2. The molecule has 7 nitrogen and oxygen atoms in total. The van der Waals surface area contributed by atoms with E-state index < -0.39 is 29.4 Å². The van der Waals surface area contributed by atoms with Crippen molar-refractivity contribution in [1.82, 2.24) is 4.90 Å². The van der Waals surface area contributed by atoms with Crippen LogP contribution >= 0.6 is 0 Å². The van der Waals surface area contributed by atoms with Crippen LogP contribution in [0.5, 0.6) is 11.5 Å². The average molecular weight is 535 g/mol. The summed E-state index contributed by atoms with van der Waals surface area (Å²) in [4.78, 5) is 38.8. The second-order valence-corrected chi connectivity index (χ2v) is 9.16. The molecule has 2 amide bonds. The highest BCUT2D eigenvalue weighted by molar-refractivity contribution is 5.93. The number of alkyl halides is 3. The molecule has 1 saturated heterocycles. The lowest BCUT2D eigenvalue weighted by Crippen LogP contribution is -2.39. The van der Waals surface area contributed by atoms with E-state index in [9.17, 15) is 27.6 Å². The summed E-state index contributed by atoms with van der Waals surface area (Å²) in [6.07, 6.45) is -2.55. The zero-order chi connectivity index (χ0) is 27.7. The van der Waals surface area contributed by atoms with Crippen molar-refractivity contribution in [3.05, 3.63) is 53.6 Å². The monoisotopic (exact) mass is 534 g/mol. The lowest BCUT2D eigenvalue weighted by atomic mass is 9.93. The van der Waals surface area contributed by atoms with Gasteiger partial charge in [0.25, 0.3) is 0 Å². The van der Waals surface area contributed by atoms with Gasteiger partial charge in [-0.2, -0.15) is 13.2 Å². The van der Waals surface area contributed by atoms with Crippen molar-refractivity contribution in [2.45, 2.75) is 58.5 Å². The molecule has 0 spiro atoms. The number of piperidine rings is 1. The Kier molecular flexibility index (Phi) is 10.2. The van der Waals surface area contributed by atoms with Gasteiger partial charge in [0, 0.05) is 32.4 Å². The Morgan fingerprint density at radius 3 is 2.32 bits per heavy atom. The molecule has 0 aliphatic carbocycles. The van der Waals surface area contributed by atoms with Crippen molar-refractivity contribution < 1.29 is 37.0 Å². The molecular weight excluding hydrogens is 501 g/mol. The van der Waals surface area contributed by atoms with Crippen molar-refractivity contribution in [1.29, 1.82) is 0 Å². The van der Waals surface area contributed by atoms with Crippen LogP contribution in [-0.4, -0.2) is 42.4 Å². The van der Waals surface area contributed by atoms with Gasteiger partial charge in [0.1, 0.15) is 11.3 Å². The van der Waals surface area contributed by atoms with E-state index in [1.54, 1.807) is 4.90 Å². The van der Waals surface area contributed by atoms with Crippen LogP contribution in [0.2, 0.25) is 0 Å². The van der Waals surface area contributed by atoms with Gasteiger partial charge in [-0.25, -0.2) is 0 Å². The van der Waals surface area contributed by atoms with E-state index in [0.717, 1.165) is 23.4 Å². The Hall–Kier alpha value is -3.56. The molecule has 1 N–H and O–H groups in total. The minimum atomic E-state index is -4.75. The van der Waals surface area contributed by atoms with Crippen molar-refractivity contribution in [2.75, 3.05) is 25.0 Å². The number of carbonyl (C=O) groups is 3. The van der Waals surface area contributed by atoms with Gasteiger partial charge < -0.3 is 19.7 Å². The highest BCUT2D eigenvalue weighted by Gasteiger charge is 2.36. The molecule has 0 unspecified atom stereocenters. The normalized spacial score (nSPS) is 14.2. The number of nitrogens with zero attached hydrogens (tertiary/aromatic N) is 1. The highest BCUT2D eigenvalue weighted by Crippen LogP contribution is 2.41. The maximum Gasteiger partial charge on any atom is 0.420 e. The number of amides is 2. The van der Waals surface area contributed by atoms with E-state index in [1.807, 2.05) is 31.2 Å². The third-order valence-electron chi connectivity index (χ3n) is 6.40. The molecule has 1 aliphatic heterocycles. The molecule has 0 saturated carbocycles. The number of nitrogens with one attached hydrogen (secondary N) is 1. The Morgan fingerprint density at radius 2 is 1.71 bits per heavy atom. The number of likely N-dealkylation sites (tertiary alicyclic amines) is 1. The highest BCUT2D eigenvalue weighted by atomic mass is 19.4. The number of hydrogen-bond acceptors (Lipinski definition) is 5. The molecule has 3 rings (SSSR count). The number of aryl methyl sites for hydroxylation is 1. The van der Waals surface area contributed by atoms with Gasteiger partial charge in [-0.1, -0.05) is 25.1 Å². The summed E-state index contributed by atoms with van der Waals surface area (Å²) in [6.45, 7) is 5.01. The van der Waals surface area contributed by atoms with Gasteiger partial charge in [-0.05, 0) is 61.9 Å². The van der Waals surface area contributed by atoms with Crippen molar-refractivity contribution in [3.63, 3.8) is 0 Å². The van der Waals surface area contributed by atoms with Crippen LogP contribution in [0, 0.1) is 5.92 Å². The number of esters is 1. The predicted molar refractivity (Wildman–Crippen MR) is 136 cm³/mol. The third-order valence-corrected chi connectivity index (χ3v) is 6.40. The third kappa shape index (κ3) is 8.22. The first-order chi connectivity index (χ1) is 18.1. The van der Waals surface area contributed by atoms with Gasteiger partial charge in [0.15, 0.2) is 5.75 Å². The van der Waals surface area contributed by atoms with Crippen LogP contribution in [0.15, 0.2) is 42.5 Å². The molecule has 1 fully saturated rings. The molecular formula is C28H33F3N2O5. The fraction of sp³-hybridized carbons (Fsp3) is 0.464. The smallest absolute Gasteiger partial charge is 0.420 e. The lowest BCUT2D eigenvalue weighted by Gasteiger charge is -2.32. The second kappa shape index (κ2) is 13.3. The summed E-state index contributed by atoms with van der Waals surface area (Å²) >= 11 is 0. The number of rotatable bonds is 10. The number of benzene rings is 2. The van der Waals surface area contributed by atoms with Gasteiger partial charge in [-0.3, -0.25) is 14.4 Å². The first kappa shape index (κ1) is 29.0. The number of carbonyl (C=O) groups excluding carboxylic acids is 3. The topological polar surface area (TPSA) is 84.9 Å². The molecule has 10 heteroatoms. The van der Waals surface area contributed by atoms with E-state index in [2.05, 4.69) is 5.32 Å². The summed E-state index contributed by atoms with van der Waals surface area (Å²) in [5.74, 6) is -1.19. The molecule has 1 aliphatic rings. The summed E-state index contributed by atoms with van der Waals surface area (Å²) in [6, 6.07) is 10.9. The predicted octanol–water partition coefficient (Wildman–Crippen LogP) is 5.62. The zero-order valence-electron chi connectivity index (χ0n) is 21.6. The fourth-order valence-corrected chi connectivity index (χ4v) is 4.33. The van der Waals surface area contributed by atoms with Crippen molar-refractivity contribution >= 4 is 23.5 Å². The number of anilines is 1. The summed E-state index contributed by atoms with van der Waals surface area (Å²) in [7, 11) is 0. The number of hydrogen-bond donors (Lipinski definition) is 1. The molecule has 2 aromatic carbocycles. The maximum absolute atomic E-state index is 13.4. The van der Waals surface area contributed by atoms with E-state index in [4.69, 9.17) is 9.47 Å². The van der Waals surface area contributed by atoms with Crippen LogP contribution in [0.25, 0.3) is 0 Å². The molecule has 2 aromatic rings. The molecule has 1 heterocycles. The minimum absolute atomic E-state index is 0.0161. The first-order valence-corrected chi connectivity index (χ1v) is 12.8. The van der Waals surface area contributed by atoms with Gasteiger partial charge >= 0.3 is 12.1 Å². The van der Waals surface area contributed by atoms with E-state index in [0.29, 0.717) is 45.4 Å². The number of para-hydroxylation sites is 1. The van der Waals surface area contributed by atoms with Gasteiger partial charge in [0.2, 0.25) is 11.8 Å². The molecule has 0 atom stereocenters. The summed E-state index contributed by atoms with van der Waals surface area (Å²) < 4.78 is 50.7. The molecule has 206 valence electrons. The Morgan fingerprint density at radius 1 is 1.03 bits per heavy atom. The molecule has 0 bridgehead atoms. The van der Waals surface area contributed by atoms with Crippen molar-refractivity contribution in [3.8, 4) is 11.5 Å². The average Bonchev–Trinajstić information content (AvgIpc) is 2.89. The minimum Gasteiger partial charge on any atom is -0.494 e. The molecule has 0 aromatic heterocycles. The maximum atomic E-state index is 13.4. The molecule has 0 radical (unpaired) electrons. The van der Waals surface area contributed by atoms with E-state index >= 15 is 0 Å². The summed E-state index contributed by atoms with van der Waals surface area (Å²) in [5.41, 5.74) is -0.283. The molecule has 38 heavy (non-hydrogen) atoms. The van der Waals surface area contributed by atoms with E-state index in [-0.39, 0.29) is 30.4 Å². The van der Waals surface area contributed by atoms with E-state index in [1.165, 1.54) is 13.0 Å². The quantitative estimate of drug-likeness (QED) is 0.316.